The summed E-state index contributed by atoms with van der Waals surface area (Å²) >= 11 is 0. The average molecular weight is 148 g/mol. The number of hydrogen-bond donors (Lipinski definition) is 2. The van der Waals surface area contributed by atoms with Crippen molar-refractivity contribution in [3.63, 3.8) is 0 Å². The molecular weight excluding hydrogens is 140 g/mol. The number of carboxylic acid groups (broad SMARTS) is 1. The molecule has 0 amide bonds. The Morgan fingerprint density at radius 1 is 1.80 bits per heavy atom. The van der Waals surface area contributed by atoms with E-state index >= 15 is 0 Å². The van der Waals surface area contributed by atoms with Gasteiger partial charge in [-0.3, -0.25) is 14.9 Å². The normalized spacial score (nSPS) is 12.5. The van der Waals surface area contributed by atoms with Crippen molar-refractivity contribution in [2.45, 2.75) is 12.5 Å². The molecule has 0 unspecified atom stereocenters. The lowest BCUT2D eigenvalue weighted by Gasteiger charge is -1.99. The smallest absolute Gasteiger partial charge is 0.320 e. The number of carbonyl (C=O) groups is 1. The van der Waals surface area contributed by atoms with Crippen molar-refractivity contribution in [2.24, 2.45) is 5.73 Å². The lowest BCUT2D eigenvalue weighted by Crippen LogP contribution is -2.32. The molecule has 0 saturated heterocycles. The third kappa shape index (κ3) is 3.79. The molecule has 0 saturated carbocycles. The van der Waals surface area contributed by atoms with Crippen LogP contribution in [-0.2, 0) is 4.79 Å². The Morgan fingerprint density at radius 3 is 2.60 bits per heavy atom. The van der Waals surface area contributed by atoms with E-state index in [4.69, 9.17) is 10.8 Å². The second kappa shape index (κ2) is 3.78. The monoisotopic (exact) mass is 148 g/mol. The van der Waals surface area contributed by atoms with Gasteiger partial charge in [-0.05, 0) is 0 Å². The summed E-state index contributed by atoms with van der Waals surface area (Å²) in [7, 11) is 0. The molecule has 0 fully saturated rings. The van der Waals surface area contributed by atoms with Crippen molar-refractivity contribution in [3.8, 4) is 0 Å². The van der Waals surface area contributed by atoms with E-state index in [0.717, 1.165) is 0 Å². The predicted molar refractivity (Wildman–Crippen MR) is 32.1 cm³/mol. The molecule has 0 radical (unpaired) electrons. The predicted octanol–water partition coefficient (Wildman–Crippen LogP) is -0.935. The second-order valence-electron chi connectivity index (χ2n) is 1.79. The van der Waals surface area contributed by atoms with Gasteiger partial charge < -0.3 is 10.8 Å². The molecule has 3 N–H and O–H groups in total. The molecule has 58 valence electrons. The van der Waals surface area contributed by atoms with Gasteiger partial charge in [0.2, 0.25) is 6.54 Å². The summed E-state index contributed by atoms with van der Waals surface area (Å²) in [6.45, 7) is -0.395. The third-order valence-corrected chi connectivity index (χ3v) is 0.940. The Labute approximate surface area is 56.8 Å². The molecule has 6 heteroatoms. The fraction of sp³-hybridized carbons (Fsp3) is 0.750. The van der Waals surface area contributed by atoms with E-state index in [1.165, 1.54) is 0 Å². The molecule has 0 aromatic rings. The number of hydrogen-bond acceptors (Lipinski definition) is 4. The molecular formula is C4H8N2O4. The summed E-state index contributed by atoms with van der Waals surface area (Å²) in [5.74, 6) is -1.21. The number of nitro groups is 1. The fourth-order valence-electron chi connectivity index (χ4n) is 0.368. The summed E-state index contributed by atoms with van der Waals surface area (Å²) in [6.07, 6.45) is -0.123. The minimum atomic E-state index is -1.21. The van der Waals surface area contributed by atoms with Crippen LogP contribution in [0.1, 0.15) is 6.42 Å². The van der Waals surface area contributed by atoms with Crippen LogP contribution >= 0.6 is 0 Å². The van der Waals surface area contributed by atoms with Gasteiger partial charge in [0.15, 0.2) is 0 Å². The van der Waals surface area contributed by atoms with Gasteiger partial charge in [-0.15, -0.1) is 0 Å². The largest absolute Gasteiger partial charge is 0.480 e. The minimum Gasteiger partial charge on any atom is -0.480 e. The number of nitrogens with two attached hydrogens (primary N) is 1. The van der Waals surface area contributed by atoms with Crippen molar-refractivity contribution >= 4 is 5.97 Å². The Bertz CT molecular complexity index is 146. The zero-order valence-electron chi connectivity index (χ0n) is 5.19. The molecule has 0 rings (SSSR count). The van der Waals surface area contributed by atoms with Crippen LogP contribution in [0.5, 0.6) is 0 Å². The van der Waals surface area contributed by atoms with E-state index in [1.54, 1.807) is 0 Å². The van der Waals surface area contributed by atoms with E-state index < -0.39 is 23.5 Å². The summed E-state index contributed by atoms with van der Waals surface area (Å²) in [6, 6.07) is -1.12. The first-order valence-corrected chi connectivity index (χ1v) is 2.64. The van der Waals surface area contributed by atoms with E-state index in [9.17, 15) is 14.9 Å². The zero-order chi connectivity index (χ0) is 8.15. The van der Waals surface area contributed by atoms with Gasteiger partial charge >= 0.3 is 5.97 Å². The first-order chi connectivity index (χ1) is 4.54. The van der Waals surface area contributed by atoms with Crippen LogP contribution in [0.15, 0.2) is 0 Å². The number of carboxylic acids is 1. The maximum Gasteiger partial charge on any atom is 0.320 e. The molecule has 0 spiro atoms. The molecule has 0 bridgehead atoms. The zero-order valence-corrected chi connectivity index (χ0v) is 5.19. The van der Waals surface area contributed by atoms with Gasteiger partial charge in [0, 0.05) is 11.3 Å². The quantitative estimate of drug-likeness (QED) is 0.395. The van der Waals surface area contributed by atoms with E-state index in [-0.39, 0.29) is 6.42 Å². The number of rotatable bonds is 4. The fourth-order valence-corrected chi connectivity index (χ4v) is 0.368. The van der Waals surface area contributed by atoms with Crippen molar-refractivity contribution in [3.05, 3.63) is 10.1 Å². The van der Waals surface area contributed by atoms with Crippen molar-refractivity contribution < 1.29 is 14.8 Å². The van der Waals surface area contributed by atoms with Crippen LogP contribution in [0, 0.1) is 10.1 Å². The number of aliphatic carboxylic acids is 1. The molecule has 6 nitrogen and oxygen atoms in total. The minimum absolute atomic E-state index is 0.123. The van der Waals surface area contributed by atoms with Crippen LogP contribution in [0.25, 0.3) is 0 Å². The molecule has 0 aliphatic carbocycles. The first-order valence-electron chi connectivity index (χ1n) is 2.64. The number of nitrogens with zero attached hydrogens (tertiary/aromatic N) is 1. The Morgan fingerprint density at radius 2 is 2.30 bits per heavy atom. The van der Waals surface area contributed by atoms with Gasteiger partial charge in [-0.25, -0.2) is 0 Å². The van der Waals surface area contributed by atoms with E-state index in [2.05, 4.69) is 0 Å². The van der Waals surface area contributed by atoms with E-state index in [0.29, 0.717) is 0 Å². The average Bonchev–Trinajstić information content (AvgIpc) is 1.82. The lowest BCUT2D eigenvalue weighted by molar-refractivity contribution is -0.480. The van der Waals surface area contributed by atoms with Crippen LogP contribution in [0.4, 0.5) is 0 Å². The van der Waals surface area contributed by atoms with Crippen molar-refractivity contribution in [2.75, 3.05) is 6.54 Å². The van der Waals surface area contributed by atoms with Crippen molar-refractivity contribution in [1.82, 2.24) is 0 Å². The highest BCUT2D eigenvalue weighted by molar-refractivity contribution is 5.72. The third-order valence-electron chi connectivity index (χ3n) is 0.940. The Kier molecular flexibility index (Phi) is 3.34. The molecule has 0 aliphatic heterocycles. The lowest BCUT2D eigenvalue weighted by atomic mass is 10.2. The summed E-state index contributed by atoms with van der Waals surface area (Å²) in [5, 5.41) is 17.8. The van der Waals surface area contributed by atoms with Gasteiger partial charge in [0.25, 0.3) is 0 Å². The van der Waals surface area contributed by atoms with E-state index in [1.807, 2.05) is 0 Å². The first kappa shape index (κ1) is 8.83. The second-order valence-corrected chi connectivity index (χ2v) is 1.79. The maximum absolute atomic E-state index is 9.96. The van der Waals surface area contributed by atoms with Crippen LogP contribution in [0.2, 0.25) is 0 Å². The molecule has 0 aliphatic rings. The van der Waals surface area contributed by atoms with Crippen LogP contribution in [-0.4, -0.2) is 28.6 Å². The highest BCUT2D eigenvalue weighted by atomic mass is 16.6. The highest BCUT2D eigenvalue weighted by Gasteiger charge is 2.13. The molecule has 0 aromatic carbocycles. The maximum atomic E-state index is 9.96. The SMILES string of the molecule is N[C@@H](CC[N+](=O)[O-])C(=O)O. The topological polar surface area (TPSA) is 106 Å². The molecule has 0 heterocycles. The Hall–Kier alpha value is -1.17. The highest BCUT2D eigenvalue weighted by Crippen LogP contribution is 1.87. The van der Waals surface area contributed by atoms with Gasteiger partial charge in [-0.2, -0.15) is 0 Å². The van der Waals surface area contributed by atoms with Crippen LogP contribution < -0.4 is 5.73 Å². The van der Waals surface area contributed by atoms with Gasteiger partial charge in [0.1, 0.15) is 6.04 Å². The molecule has 1 atom stereocenters. The van der Waals surface area contributed by atoms with Crippen molar-refractivity contribution in [1.29, 1.82) is 0 Å². The standard InChI is InChI=1S/C4H8N2O4/c5-3(4(7)8)1-2-6(9)10/h3H,1-2,5H2,(H,7,8)/t3-/m0/s1. The Balaban J connectivity index is 3.49. The van der Waals surface area contributed by atoms with Gasteiger partial charge in [-0.1, -0.05) is 0 Å². The summed E-state index contributed by atoms with van der Waals surface area (Å²) in [5.41, 5.74) is 4.96. The van der Waals surface area contributed by atoms with Gasteiger partial charge in [0.05, 0.1) is 0 Å². The molecule has 10 heavy (non-hydrogen) atoms. The summed E-state index contributed by atoms with van der Waals surface area (Å²) in [4.78, 5) is 19.1. The molecule has 0 aromatic heterocycles. The summed E-state index contributed by atoms with van der Waals surface area (Å²) < 4.78 is 0. The van der Waals surface area contributed by atoms with Crippen LogP contribution in [0.3, 0.4) is 0 Å².